The number of unbranched alkanes of at least 4 members (excludes halogenated alkanes) is 1. The topological polar surface area (TPSA) is 12.9 Å². The Morgan fingerprint density at radius 2 is 2.36 bits per heavy atom. The molecule has 1 nitrogen and oxygen atoms in total. The summed E-state index contributed by atoms with van der Waals surface area (Å²) in [6, 6.07) is 4.03. The van der Waals surface area contributed by atoms with Crippen molar-refractivity contribution in [2.75, 3.05) is 0 Å². The molecule has 0 unspecified atom stereocenters. The normalized spacial score (nSPS) is 8.82. The minimum atomic E-state index is 0. The number of pyridine rings is 1. The van der Waals surface area contributed by atoms with Crippen molar-refractivity contribution in [2.45, 2.75) is 26.2 Å². The summed E-state index contributed by atoms with van der Waals surface area (Å²) in [6.45, 7) is 2.19. The molecule has 2 heteroatoms. The first-order valence-electron chi connectivity index (χ1n) is 3.75. The van der Waals surface area contributed by atoms with Crippen molar-refractivity contribution in [3.8, 4) is 0 Å². The molecule has 1 aromatic heterocycles. The summed E-state index contributed by atoms with van der Waals surface area (Å²) >= 11 is 0. The number of rotatable bonds is 3. The van der Waals surface area contributed by atoms with Crippen LogP contribution in [0.1, 0.15) is 25.3 Å². The van der Waals surface area contributed by atoms with Gasteiger partial charge in [0, 0.05) is 0 Å². The first kappa shape index (κ1) is 10.7. The van der Waals surface area contributed by atoms with Gasteiger partial charge in [-0.15, -0.1) is 5.56 Å². The summed E-state index contributed by atoms with van der Waals surface area (Å²) in [4.78, 5) is 3.91. The Kier molecular flexibility index (Phi) is 6.31. The Labute approximate surface area is 80.4 Å². The van der Waals surface area contributed by atoms with E-state index in [1.165, 1.54) is 18.4 Å². The third-order valence-corrected chi connectivity index (χ3v) is 1.47. The summed E-state index contributed by atoms with van der Waals surface area (Å²) in [5.41, 5.74) is 1.23. The Morgan fingerprint density at radius 3 is 2.91 bits per heavy atom. The van der Waals surface area contributed by atoms with Crippen molar-refractivity contribution >= 4 is 0 Å². The predicted octanol–water partition coefficient (Wildman–Crippen LogP) is -0.772. The minimum absolute atomic E-state index is 0. The van der Waals surface area contributed by atoms with Gasteiger partial charge in [0.15, 0.2) is 0 Å². The van der Waals surface area contributed by atoms with Crippen LogP contribution in [0, 0.1) is 6.20 Å². The molecule has 0 saturated heterocycles. The van der Waals surface area contributed by atoms with Crippen LogP contribution in [0.4, 0.5) is 0 Å². The Morgan fingerprint density at radius 1 is 1.55 bits per heavy atom. The molecular weight excluding hydrogens is 129 g/mol. The van der Waals surface area contributed by atoms with E-state index in [9.17, 15) is 0 Å². The standard InChI is InChI=1S/C9H12N.Li/c1-2-3-5-9-6-4-7-10-8-9;/h4,6-7H,2-3,5H2,1H3;/q-1;+1. The van der Waals surface area contributed by atoms with Crippen molar-refractivity contribution in [3.63, 3.8) is 0 Å². The number of hydrogen-bond acceptors (Lipinski definition) is 1. The van der Waals surface area contributed by atoms with Gasteiger partial charge < -0.3 is 4.98 Å². The summed E-state index contributed by atoms with van der Waals surface area (Å²) < 4.78 is 0. The molecule has 0 atom stereocenters. The van der Waals surface area contributed by atoms with E-state index in [2.05, 4.69) is 24.2 Å². The van der Waals surface area contributed by atoms with Crippen molar-refractivity contribution in [1.29, 1.82) is 0 Å². The molecule has 0 N–H and O–H groups in total. The zero-order valence-corrected chi connectivity index (χ0v) is 7.30. The maximum Gasteiger partial charge on any atom is 1.00 e. The monoisotopic (exact) mass is 141 g/mol. The van der Waals surface area contributed by atoms with E-state index in [4.69, 9.17) is 0 Å². The second kappa shape index (κ2) is 6.46. The predicted molar refractivity (Wildman–Crippen MR) is 41.7 cm³/mol. The van der Waals surface area contributed by atoms with Gasteiger partial charge in [0.1, 0.15) is 0 Å². The van der Waals surface area contributed by atoms with Crippen LogP contribution in [0.25, 0.3) is 0 Å². The van der Waals surface area contributed by atoms with Gasteiger partial charge in [-0.25, -0.2) is 0 Å². The fourth-order valence-corrected chi connectivity index (χ4v) is 0.866. The van der Waals surface area contributed by atoms with Gasteiger partial charge in [0.05, 0.1) is 0 Å². The maximum absolute atomic E-state index is 3.91. The van der Waals surface area contributed by atoms with Crippen LogP contribution < -0.4 is 18.9 Å². The molecule has 0 amide bonds. The quantitative estimate of drug-likeness (QED) is 0.398. The Bertz CT molecular complexity index is 174. The molecule has 0 bridgehead atoms. The van der Waals surface area contributed by atoms with E-state index in [0.717, 1.165) is 6.42 Å². The largest absolute Gasteiger partial charge is 1.00 e. The van der Waals surface area contributed by atoms with E-state index in [0.29, 0.717) is 0 Å². The SMILES string of the molecule is CCCCc1[c-]nccc1.[Li+]. The number of hydrogen-bond donors (Lipinski definition) is 0. The summed E-state index contributed by atoms with van der Waals surface area (Å²) in [5.74, 6) is 0. The van der Waals surface area contributed by atoms with Gasteiger partial charge in [0.25, 0.3) is 0 Å². The molecule has 11 heavy (non-hydrogen) atoms. The molecule has 0 aliphatic carbocycles. The van der Waals surface area contributed by atoms with Crippen LogP contribution in [0.5, 0.6) is 0 Å². The van der Waals surface area contributed by atoms with E-state index < -0.39 is 0 Å². The number of aryl methyl sites for hydroxylation is 1. The van der Waals surface area contributed by atoms with Gasteiger partial charge in [-0.1, -0.05) is 32.2 Å². The van der Waals surface area contributed by atoms with E-state index in [-0.39, 0.29) is 18.9 Å². The van der Waals surface area contributed by atoms with E-state index in [1.807, 2.05) is 6.07 Å². The molecule has 1 aromatic rings. The molecule has 1 rings (SSSR count). The first-order chi connectivity index (χ1) is 4.93. The Balaban J connectivity index is 0.000001000. The molecule has 0 spiro atoms. The molecule has 54 valence electrons. The number of nitrogens with zero attached hydrogens (tertiary/aromatic N) is 1. The van der Waals surface area contributed by atoms with Crippen LogP contribution in [0.15, 0.2) is 18.3 Å². The molecule has 0 fully saturated rings. The minimum Gasteiger partial charge on any atom is -0.394 e. The Hall–Kier alpha value is -0.253. The van der Waals surface area contributed by atoms with Crippen molar-refractivity contribution in [3.05, 3.63) is 30.1 Å². The summed E-state index contributed by atoms with van der Waals surface area (Å²) in [6.07, 6.45) is 8.31. The molecule has 0 aromatic carbocycles. The second-order valence-corrected chi connectivity index (χ2v) is 2.38. The van der Waals surface area contributed by atoms with E-state index in [1.54, 1.807) is 6.20 Å². The smallest absolute Gasteiger partial charge is 0.394 e. The van der Waals surface area contributed by atoms with Gasteiger partial charge in [-0.05, 0) is 6.42 Å². The van der Waals surface area contributed by atoms with Crippen LogP contribution in [-0.2, 0) is 6.42 Å². The zero-order chi connectivity index (χ0) is 7.23. The average molecular weight is 141 g/mol. The fourth-order valence-electron chi connectivity index (χ4n) is 0.866. The van der Waals surface area contributed by atoms with E-state index >= 15 is 0 Å². The molecule has 0 aliphatic rings. The van der Waals surface area contributed by atoms with Crippen molar-refractivity contribution < 1.29 is 18.9 Å². The van der Waals surface area contributed by atoms with Crippen LogP contribution in [0.2, 0.25) is 0 Å². The average Bonchev–Trinajstić information content (AvgIpc) is 2.03. The van der Waals surface area contributed by atoms with Crippen molar-refractivity contribution in [1.82, 2.24) is 4.98 Å². The van der Waals surface area contributed by atoms with Gasteiger partial charge in [0.2, 0.25) is 0 Å². The zero-order valence-electron chi connectivity index (χ0n) is 7.30. The van der Waals surface area contributed by atoms with Crippen LogP contribution in [0.3, 0.4) is 0 Å². The molecule has 1 heterocycles. The van der Waals surface area contributed by atoms with Crippen molar-refractivity contribution in [2.24, 2.45) is 0 Å². The molecule has 0 saturated carbocycles. The molecular formula is C9H12LiN. The number of aromatic nitrogens is 1. The van der Waals surface area contributed by atoms with Crippen LogP contribution in [-0.4, -0.2) is 4.98 Å². The fraction of sp³-hybridized carbons (Fsp3) is 0.444. The molecule has 0 aliphatic heterocycles. The first-order valence-corrected chi connectivity index (χ1v) is 3.75. The third kappa shape index (κ3) is 4.24. The second-order valence-electron chi connectivity index (χ2n) is 2.38. The van der Waals surface area contributed by atoms with Gasteiger partial charge in [-0.2, -0.15) is 12.1 Å². The summed E-state index contributed by atoms with van der Waals surface area (Å²) in [7, 11) is 0. The summed E-state index contributed by atoms with van der Waals surface area (Å²) in [5, 5.41) is 0. The van der Waals surface area contributed by atoms with Gasteiger partial charge in [-0.3, -0.25) is 0 Å². The van der Waals surface area contributed by atoms with Crippen LogP contribution >= 0.6 is 0 Å². The van der Waals surface area contributed by atoms with Gasteiger partial charge >= 0.3 is 18.9 Å². The maximum atomic E-state index is 3.91. The molecule has 0 radical (unpaired) electrons. The third-order valence-electron chi connectivity index (χ3n) is 1.47.